The van der Waals surface area contributed by atoms with Crippen LogP contribution in [0.3, 0.4) is 0 Å². The summed E-state index contributed by atoms with van der Waals surface area (Å²) in [6, 6.07) is 19.6. The van der Waals surface area contributed by atoms with Crippen LogP contribution >= 0.6 is 0 Å². The molecule has 0 radical (unpaired) electrons. The summed E-state index contributed by atoms with van der Waals surface area (Å²) >= 11 is 0. The van der Waals surface area contributed by atoms with Gasteiger partial charge >= 0.3 is 11.9 Å². The number of fused-ring (bicyclic) bond motifs is 2. The van der Waals surface area contributed by atoms with Crippen LogP contribution < -0.4 is 14.2 Å². The number of carboxylic acids is 2. The van der Waals surface area contributed by atoms with Crippen LogP contribution in [0.1, 0.15) is 70.8 Å². The Morgan fingerprint density at radius 2 is 1.76 bits per heavy atom. The highest BCUT2D eigenvalue weighted by atomic mass is 16.6. The average molecular weight is 560 g/mol. The number of benzene rings is 3. The molecule has 0 spiro atoms. The number of hydrogen-bond donors (Lipinski definition) is 2. The van der Waals surface area contributed by atoms with E-state index >= 15 is 0 Å². The minimum atomic E-state index is -0.909. The van der Waals surface area contributed by atoms with Crippen molar-refractivity contribution < 1.29 is 34.0 Å². The number of carboxylic acid groups (broad SMARTS) is 2. The summed E-state index contributed by atoms with van der Waals surface area (Å²) in [6.07, 6.45) is 5.19. The Kier molecular flexibility index (Phi) is 9.41. The van der Waals surface area contributed by atoms with Gasteiger partial charge in [-0.2, -0.15) is 0 Å². The zero-order chi connectivity index (χ0) is 28.6. The first-order valence-corrected chi connectivity index (χ1v) is 14.4. The quantitative estimate of drug-likeness (QED) is 0.249. The third kappa shape index (κ3) is 7.38. The molecular formula is C33H37NO7. The van der Waals surface area contributed by atoms with Crippen molar-refractivity contribution in [1.29, 1.82) is 0 Å². The topological polar surface area (TPSA) is 106 Å². The van der Waals surface area contributed by atoms with Crippen molar-refractivity contribution in [2.75, 3.05) is 26.3 Å². The van der Waals surface area contributed by atoms with E-state index in [1.54, 1.807) is 6.07 Å². The number of rotatable bonds is 13. The summed E-state index contributed by atoms with van der Waals surface area (Å²) in [5.41, 5.74) is 4.71. The van der Waals surface area contributed by atoms with E-state index in [-0.39, 0.29) is 12.5 Å². The van der Waals surface area contributed by atoms with E-state index in [4.69, 9.17) is 19.3 Å². The molecule has 0 bridgehead atoms. The number of aromatic carboxylic acids is 1. The fourth-order valence-electron chi connectivity index (χ4n) is 5.77. The molecular weight excluding hydrogens is 522 g/mol. The summed E-state index contributed by atoms with van der Waals surface area (Å²) in [5, 5.41) is 18.6. The molecule has 2 aliphatic rings. The predicted molar refractivity (Wildman–Crippen MR) is 154 cm³/mol. The molecule has 0 aromatic heterocycles. The molecule has 2 N–H and O–H groups in total. The van der Waals surface area contributed by atoms with E-state index in [1.165, 1.54) is 5.56 Å². The Balaban J connectivity index is 1.29. The molecule has 1 heterocycles. The van der Waals surface area contributed by atoms with E-state index in [9.17, 15) is 14.7 Å². The van der Waals surface area contributed by atoms with Gasteiger partial charge in [-0.1, -0.05) is 30.3 Å². The number of carbonyl (C=O) groups is 2. The normalized spacial score (nSPS) is 15.8. The maximum absolute atomic E-state index is 11.5. The maximum Gasteiger partial charge on any atom is 0.335 e. The Hall–Kier alpha value is -4.04. The van der Waals surface area contributed by atoms with Crippen LogP contribution in [0.25, 0.3) is 0 Å². The number of aryl methyl sites for hydroxylation is 1. The average Bonchev–Trinajstić information content (AvgIpc) is 2.99. The van der Waals surface area contributed by atoms with Crippen LogP contribution in [0.5, 0.6) is 17.2 Å². The lowest BCUT2D eigenvalue weighted by molar-refractivity contribution is -0.137. The molecule has 1 aliphatic heterocycles. The summed E-state index contributed by atoms with van der Waals surface area (Å²) in [5.74, 6) is 0.654. The molecule has 3 aromatic rings. The van der Waals surface area contributed by atoms with Crippen molar-refractivity contribution in [2.45, 2.75) is 57.6 Å². The number of unbranched alkanes of at least 4 members (excludes halogenated alkanes) is 1. The smallest absolute Gasteiger partial charge is 0.335 e. The molecule has 0 unspecified atom stereocenters. The SMILES string of the molecule is O=C(O)CCCCN(CCc1ccccc1OCc1ccc2c(c1)OCCO2)[C@H]1CCCc2cc(C(=O)O)ccc21. The standard InChI is InChI=1S/C33H37NO7/c35-32(36)10-3-4-16-34(28-8-5-7-25-21-26(33(37)38)12-13-27(25)28)17-15-24-6-1-2-9-29(24)41-22-23-11-14-30-31(20-23)40-19-18-39-30/h1-2,6,9,11-14,20-21,28H,3-5,7-8,10,15-19,22H2,(H,35,36)(H,37,38)/t28-/m0/s1. The summed E-state index contributed by atoms with van der Waals surface area (Å²) in [6.45, 7) is 3.07. The van der Waals surface area contributed by atoms with E-state index < -0.39 is 11.9 Å². The first-order valence-electron chi connectivity index (χ1n) is 14.4. The van der Waals surface area contributed by atoms with Gasteiger partial charge in [-0.3, -0.25) is 9.69 Å². The zero-order valence-electron chi connectivity index (χ0n) is 23.2. The summed E-state index contributed by atoms with van der Waals surface area (Å²) in [4.78, 5) is 25.1. The van der Waals surface area contributed by atoms with Gasteiger partial charge in [0.25, 0.3) is 0 Å². The third-order valence-electron chi connectivity index (χ3n) is 7.84. The van der Waals surface area contributed by atoms with Crippen LogP contribution in [-0.4, -0.2) is 53.4 Å². The molecule has 0 fully saturated rings. The highest BCUT2D eigenvalue weighted by Gasteiger charge is 2.27. The minimum absolute atomic E-state index is 0.160. The second-order valence-corrected chi connectivity index (χ2v) is 10.6. The Morgan fingerprint density at radius 3 is 2.59 bits per heavy atom. The van der Waals surface area contributed by atoms with Crippen molar-refractivity contribution in [2.24, 2.45) is 0 Å². The molecule has 5 rings (SSSR count). The lowest BCUT2D eigenvalue weighted by Crippen LogP contribution is -2.34. The third-order valence-corrected chi connectivity index (χ3v) is 7.84. The fraction of sp³-hybridized carbons (Fsp3) is 0.394. The van der Waals surface area contributed by atoms with Gasteiger partial charge in [0.1, 0.15) is 25.6 Å². The maximum atomic E-state index is 11.5. The van der Waals surface area contributed by atoms with E-state index in [0.29, 0.717) is 31.8 Å². The highest BCUT2D eigenvalue weighted by Crippen LogP contribution is 2.36. The van der Waals surface area contributed by atoms with Crippen molar-refractivity contribution in [3.63, 3.8) is 0 Å². The van der Waals surface area contributed by atoms with Gasteiger partial charge in [0.15, 0.2) is 11.5 Å². The van der Waals surface area contributed by atoms with E-state index in [2.05, 4.69) is 11.0 Å². The van der Waals surface area contributed by atoms with Crippen molar-refractivity contribution in [3.8, 4) is 17.2 Å². The van der Waals surface area contributed by atoms with Gasteiger partial charge in [-0.15, -0.1) is 0 Å². The Bertz CT molecular complexity index is 1370. The lowest BCUT2D eigenvalue weighted by Gasteiger charge is -2.36. The predicted octanol–water partition coefficient (Wildman–Crippen LogP) is 5.91. The van der Waals surface area contributed by atoms with Crippen LogP contribution in [-0.2, 0) is 24.2 Å². The molecule has 1 aliphatic carbocycles. The van der Waals surface area contributed by atoms with Gasteiger partial charge in [0.2, 0.25) is 0 Å². The summed E-state index contributed by atoms with van der Waals surface area (Å²) < 4.78 is 17.6. The first kappa shape index (κ1) is 28.5. The number of para-hydroxylation sites is 1. The zero-order valence-corrected chi connectivity index (χ0v) is 23.2. The van der Waals surface area contributed by atoms with Crippen molar-refractivity contribution in [1.82, 2.24) is 4.90 Å². The van der Waals surface area contributed by atoms with Crippen LogP contribution in [0.2, 0.25) is 0 Å². The second kappa shape index (κ2) is 13.5. The van der Waals surface area contributed by atoms with E-state index in [0.717, 1.165) is 79.1 Å². The van der Waals surface area contributed by atoms with Crippen LogP contribution in [0, 0.1) is 0 Å². The fourth-order valence-corrected chi connectivity index (χ4v) is 5.77. The molecule has 41 heavy (non-hydrogen) atoms. The van der Waals surface area contributed by atoms with E-state index in [1.807, 2.05) is 48.5 Å². The van der Waals surface area contributed by atoms with Crippen LogP contribution in [0.15, 0.2) is 60.7 Å². The van der Waals surface area contributed by atoms with Gasteiger partial charge in [-0.05, 0) is 97.7 Å². The van der Waals surface area contributed by atoms with Gasteiger partial charge in [0.05, 0.1) is 5.56 Å². The molecule has 0 saturated carbocycles. The molecule has 8 heteroatoms. The molecule has 216 valence electrons. The largest absolute Gasteiger partial charge is 0.489 e. The molecule has 1 atom stereocenters. The van der Waals surface area contributed by atoms with Crippen LogP contribution in [0.4, 0.5) is 0 Å². The highest BCUT2D eigenvalue weighted by molar-refractivity contribution is 5.88. The molecule has 0 saturated heterocycles. The van der Waals surface area contributed by atoms with Gasteiger partial charge < -0.3 is 24.4 Å². The lowest BCUT2D eigenvalue weighted by atomic mass is 9.85. The first-order chi connectivity index (χ1) is 20.0. The minimum Gasteiger partial charge on any atom is -0.489 e. The number of hydrogen-bond acceptors (Lipinski definition) is 6. The molecule has 0 amide bonds. The number of ether oxygens (including phenoxy) is 3. The summed E-state index contributed by atoms with van der Waals surface area (Å²) in [7, 11) is 0. The monoisotopic (exact) mass is 559 g/mol. The Labute approximate surface area is 240 Å². The van der Waals surface area contributed by atoms with Crippen molar-refractivity contribution in [3.05, 3.63) is 88.5 Å². The Morgan fingerprint density at radius 1 is 0.927 bits per heavy atom. The van der Waals surface area contributed by atoms with Crippen molar-refractivity contribution >= 4 is 11.9 Å². The number of aliphatic carboxylic acids is 1. The molecule has 8 nitrogen and oxygen atoms in total. The second-order valence-electron chi connectivity index (χ2n) is 10.6. The molecule has 3 aromatic carbocycles. The van der Waals surface area contributed by atoms with Gasteiger partial charge in [-0.25, -0.2) is 4.79 Å². The number of nitrogens with zero attached hydrogens (tertiary/aromatic N) is 1. The van der Waals surface area contributed by atoms with Gasteiger partial charge in [0, 0.05) is 19.0 Å².